The molecule has 0 N–H and O–H groups in total. The number of pyridine rings is 1. The molecule has 1 aliphatic heterocycles. The van der Waals surface area contributed by atoms with Gasteiger partial charge in [0.25, 0.3) is 0 Å². The van der Waals surface area contributed by atoms with Crippen LogP contribution in [0.3, 0.4) is 0 Å². The number of fused-ring (bicyclic) bond motifs is 2. The van der Waals surface area contributed by atoms with E-state index < -0.39 is 11.7 Å². The number of alkyl halides is 3. The van der Waals surface area contributed by atoms with Gasteiger partial charge in [0.1, 0.15) is 5.82 Å². The number of hydrogen-bond donors (Lipinski definition) is 0. The number of carbonyl (C=O) groups is 1. The van der Waals surface area contributed by atoms with Gasteiger partial charge in [0, 0.05) is 38.8 Å². The first-order valence-corrected chi connectivity index (χ1v) is 9.46. The molecule has 3 aliphatic rings. The van der Waals surface area contributed by atoms with E-state index in [0.29, 0.717) is 44.3 Å². The molecule has 1 aromatic rings. The fourth-order valence-corrected chi connectivity index (χ4v) is 4.91. The van der Waals surface area contributed by atoms with Crippen molar-refractivity contribution in [1.82, 2.24) is 9.88 Å². The normalized spacial score (nSPS) is 28.7. The number of carbonyl (C=O) groups excluding carboxylic acids is 1. The first kappa shape index (κ1) is 17.6. The lowest BCUT2D eigenvalue weighted by Gasteiger charge is -2.36. The Morgan fingerprint density at radius 3 is 2.42 bits per heavy atom. The van der Waals surface area contributed by atoms with Gasteiger partial charge in [-0.2, -0.15) is 13.2 Å². The minimum Gasteiger partial charge on any atom is -0.353 e. The Labute approximate surface area is 151 Å². The van der Waals surface area contributed by atoms with E-state index in [4.69, 9.17) is 0 Å². The number of rotatable bonds is 3. The van der Waals surface area contributed by atoms with Crippen molar-refractivity contribution in [3.05, 3.63) is 23.9 Å². The maximum Gasteiger partial charge on any atom is 0.417 e. The summed E-state index contributed by atoms with van der Waals surface area (Å²) in [6, 6.07) is 2.48. The molecule has 142 valence electrons. The lowest BCUT2D eigenvalue weighted by Crippen LogP contribution is -2.49. The molecule has 3 atom stereocenters. The number of piperazine rings is 1. The van der Waals surface area contributed by atoms with E-state index in [1.54, 1.807) is 0 Å². The maximum atomic E-state index is 12.6. The molecule has 2 bridgehead atoms. The van der Waals surface area contributed by atoms with Crippen LogP contribution in [0.4, 0.5) is 19.0 Å². The monoisotopic (exact) mass is 367 g/mol. The summed E-state index contributed by atoms with van der Waals surface area (Å²) in [7, 11) is 0. The Balaban J connectivity index is 1.29. The Kier molecular flexibility index (Phi) is 4.57. The zero-order chi connectivity index (χ0) is 18.3. The first-order valence-electron chi connectivity index (χ1n) is 9.46. The molecular formula is C19H24F3N3O. The summed E-state index contributed by atoms with van der Waals surface area (Å²) in [5.41, 5.74) is -0.735. The lowest BCUT2D eigenvalue weighted by molar-refractivity contribution is -0.138. The average molecular weight is 367 g/mol. The van der Waals surface area contributed by atoms with Crippen molar-refractivity contribution in [1.29, 1.82) is 0 Å². The van der Waals surface area contributed by atoms with Gasteiger partial charge in [-0.1, -0.05) is 6.42 Å². The predicted molar refractivity (Wildman–Crippen MR) is 91.6 cm³/mol. The molecule has 3 fully saturated rings. The summed E-state index contributed by atoms with van der Waals surface area (Å²) in [6.45, 7) is 2.45. The van der Waals surface area contributed by atoms with E-state index in [2.05, 4.69) is 4.98 Å². The number of nitrogens with zero attached hydrogens (tertiary/aromatic N) is 3. The Morgan fingerprint density at radius 1 is 1.12 bits per heavy atom. The van der Waals surface area contributed by atoms with Crippen LogP contribution in [0.1, 0.15) is 37.7 Å². The summed E-state index contributed by atoms with van der Waals surface area (Å²) in [5.74, 6) is 2.94. The molecule has 0 radical (unpaired) electrons. The molecule has 2 saturated carbocycles. The second-order valence-corrected chi connectivity index (χ2v) is 7.91. The summed E-state index contributed by atoms with van der Waals surface area (Å²) in [4.78, 5) is 20.4. The van der Waals surface area contributed by atoms with Crippen molar-refractivity contribution in [3.8, 4) is 0 Å². The van der Waals surface area contributed by atoms with Gasteiger partial charge >= 0.3 is 6.18 Å². The van der Waals surface area contributed by atoms with Crippen molar-refractivity contribution in [2.75, 3.05) is 31.1 Å². The average Bonchev–Trinajstić information content (AvgIpc) is 3.24. The third kappa shape index (κ3) is 3.53. The Bertz CT molecular complexity index is 653. The molecule has 1 aromatic heterocycles. The third-order valence-electron chi connectivity index (χ3n) is 6.35. The zero-order valence-corrected chi connectivity index (χ0v) is 14.7. The number of hydrogen-bond acceptors (Lipinski definition) is 3. The van der Waals surface area contributed by atoms with Crippen molar-refractivity contribution in [2.45, 2.75) is 38.3 Å². The van der Waals surface area contributed by atoms with Crippen LogP contribution in [-0.4, -0.2) is 42.0 Å². The van der Waals surface area contributed by atoms with E-state index in [1.165, 1.54) is 31.7 Å². The minimum absolute atomic E-state index is 0.238. The van der Waals surface area contributed by atoms with Gasteiger partial charge in [-0.05, 0) is 49.1 Å². The number of halogens is 3. The lowest BCUT2D eigenvalue weighted by atomic mass is 9.86. The van der Waals surface area contributed by atoms with Crippen LogP contribution >= 0.6 is 0 Å². The molecule has 4 rings (SSSR count). The van der Waals surface area contributed by atoms with Crippen LogP contribution in [0, 0.1) is 17.8 Å². The van der Waals surface area contributed by atoms with Crippen LogP contribution in [0.5, 0.6) is 0 Å². The second-order valence-electron chi connectivity index (χ2n) is 7.91. The van der Waals surface area contributed by atoms with Gasteiger partial charge < -0.3 is 9.80 Å². The van der Waals surface area contributed by atoms with Gasteiger partial charge in [-0.15, -0.1) is 0 Å². The summed E-state index contributed by atoms with van der Waals surface area (Å²) < 4.78 is 37.9. The topological polar surface area (TPSA) is 36.4 Å². The van der Waals surface area contributed by atoms with Gasteiger partial charge in [0.2, 0.25) is 5.91 Å². The molecule has 0 aromatic carbocycles. The summed E-state index contributed by atoms with van der Waals surface area (Å²) in [6.07, 6.45) is 2.33. The van der Waals surface area contributed by atoms with E-state index in [1.807, 2.05) is 9.80 Å². The van der Waals surface area contributed by atoms with Gasteiger partial charge in [0.05, 0.1) is 5.56 Å². The molecule has 1 saturated heterocycles. The quantitative estimate of drug-likeness (QED) is 0.819. The van der Waals surface area contributed by atoms with Crippen LogP contribution in [0.2, 0.25) is 0 Å². The molecule has 2 heterocycles. The molecular weight excluding hydrogens is 343 g/mol. The number of amides is 1. The predicted octanol–water partition coefficient (Wildman–Crippen LogP) is 3.58. The van der Waals surface area contributed by atoms with Crippen LogP contribution in [0.25, 0.3) is 0 Å². The van der Waals surface area contributed by atoms with Gasteiger partial charge in [-0.25, -0.2) is 4.98 Å². The van der Waals surface area contributed by atoms with Crippen molar-refractivity contribution in [2.24, 2.45) is 17.8 Å². The fraction of sp³-hybridized carbons (Fsp3) is 0.684. The standard InChI is InChI=1S/C19H24F3N3O/c20-19(21,22)16-3-4-17(23-12-16)24-5-7-25(8-6-24)18(26)11-15-10-13-1-2-14(15)9-13/h3-4,12-15H,1-2,5-11H2. The summed E-state index contributed by atoms with van der Waals surface area (Å²) >= 11 is 0. The smallest absolute Gasteiger partial charge is 0.353 e. The molecule has 0 spiro atoms. The summed E-state index contributed by atoms with van der Waals surface area (Å²) in [5, 5.41) is 0. The SMILES string of the molecule is O=C(CC1CC2CCC1C2)N1CCN(c2ccc(C(F)(F)F)cn2)CC1. The second kappa shape index (κ2) is 6.74. The largest absolute Gasteiger partial charge is 0.417 e. The highest BCUT2D eigenvalue weighted by molar-refractivity contribution is 5.77. The highest BCUT2D eigenvalue weighted by atomic mass is 19.4. The third-order valence-corrected chi connectivity index (χ3v) is 6.35. The molecule has 3 unspecified atom stereocenters. The van der Waals surface area contributed by atoms with Crippen molar-refractivity contribution >= 4 is 11.7 Å². The number of anilines is 1. The molecule has 26 heavy (non-hydrogen) atoms. The van der Waals surface area contributed by atoms with E-state index in [0.717, 1.165) is 24.1 Å². The Morgan fingerprint density at radius 2 is 1.88 bits per heavy atom. The van der Waals surface area contributed by atoms with Gasteiger partial charge in [-0.3, -0.25) is 4.79 Å². The molecule has 1 amide bonds. The minimum atomic E-state index is -4.36. The molecule has 4 nitrogen and oxygen atoms in total. The molecule has 7 heteroatoms. The highest BCUT2D eigenvalue weighted by Crippen LogP contribution is 2.49. The zero-order valence-electron chi connectivity index (χ0n) is 14.7. The van der Waals surface area contributed by atoms with E-state index >= 15 is 0 Å². The fourth-order valence-electron chi connectivity index (χ4n) is 4.91. The van der Waals surface area contributed by atoms with E-state index in [9.17, 15) is 18.0 Å². The van der Waals surface area contributed by atoms with E-state index in [-0.39, 0.29) is 5.91 Å². The van der Waals surface area contributed by atoms with Crippen molar-refractivity contribution < 1.29 is 18.0 Å². The van der Waals surface area contributed by atoms with Crippen LogP contribution in [0.15, 0.2) is 18.3 Å². The Hall–Kier alpha value is -1.79. The molecule has 2 aliphatic carbocycles. The van der Waals surface area contributed by atoms with Crippen molar-refractivity contribution in [3.63, 3.8) is 0 Å². The van der Waals surface area contributed by atoms with Crippen LogP contribution in [-0.2, 0) is 11.0 Å². The first-order chi connectivity index (χ1) is 12.4. The van der Waals surface area contributed by atoms with Crippen LogP contribution < -0.4 is 4.90 Å². The maximum absolute atomic E-state index is 12.6. The number of aromatic nitrogens is 1. The van der Waals surface area contributed by atoms with Gasteiger partial charge in [0.15, 0.2) is 0 Å². The highest BCUT2D eigenvalue weighted by Gasteiger charge is 2.40.